The minimum Gasteiger partial charge on any atom is -0.365 e. The van der Waals surface area contributed by atoms with Crippen molar-refractivity contribution in [3.63, 3.8) is 0 Å². The number of halogens is 4. The lowest BCUT2D eigenvalue weighted by atomic mass is 9.94. The van der Waals surface area contributed by atoms with Crippen molar-refractivity contribution < 1.29 is 36.6 Å². The van der Waals surface area contributed by atoms with Crippen LogP contribution < -0.4 is 0 Å². The summed E-state index contributed by atoms with van der Waals surface area (Å²) < 4.78 is 58.3. The second-order valence-electron chi connectivity index (χ2n) is 3.94. The van der Waals surface area contributed by atoms with E-state index in [2.05, 4.69) is 4.74 Å². The molecule has 1 rings (SSSR count). The Morgan fingerprint density at radius 3 is 2.17 bits per heavy atom. The molecule has 2 unspecified atom stereocenters. The molecule has 4 nitrogen and oxygen atoms in total. The van der Waals surface area contributed by atoms with Crippen LogP contribution in [0.1, 0.15) is 25.7 Å². The zero-order chi connectivity index (χ0) is 13.8. The lowest BCUT2D eigenvalue weighted by Gasteiger charge is -2.32. The average Bonchev–Trinajstić information content (AvgIpc) is 2.27. The summed E-state index contributed by atoms with van der Waals surface area (Å²) in [5, 5.41) is 0. The van der Waals surface area contributed by atoms with E-state index in [0.717, 1.165) is 0 Å². The summed E-state index contributed by atoms with van der Waals surface area (Å²) in [5.74, 6) is 0. The van der Waals surface area contributed by atoms with Gasteiger partial charge in [0.05, 0.1) is 12.2 Å². The van der Waals surface area contributed by atoms with Crippen molar-refractivity contribution in [1.29, 1.82) is 0 Å². The average molecular weight is 272 g/mol. The van der Waals surface area contributed by atoms with Gasteiger partial charge in [-0.2, -0.15) is 17.6 Å². The first-order valence-electron chi connectivity index (χ1n) is 5.38. The maximum Gasteiger partial charge on any atom is 0.449 e. The standard InChI is InChI=1S/C10H12F4O4/c11-8(15)5-17-6-3-1-2-4-7(6)18-10(13,14)9(12)16/h6-7H,1-5H2. The van der Waals surface area contributed by atoms with Crippen molar-refractivity contribution in [3.8, 4) is 0 Å². The van der Waals surface area contributed by atoms with Gasteiger partial charge in [-0.1, -0.05) is 12.8 Å². The Balaban J connectivity index is 2.59. The van der Waals surface area contributed by atoms with Crippen LogP contribution in [0.4, 0.5) is 17.6 Å². The number of carbonyl (C=O) groups excluding carboxylic acids is 2. The van der Waals surface area contributed by atoms with Crippen LogP contribution in [0.2, 0.25) is 0 Å². The van der Waals surface area contributed by atoms with Gasteiger partial charge in [-0.3, -0.25) is 9.59 Å². The van der Waals surface area contributed by atoms with Crippen molar-refractivity contribution in [3.05, 3.63) is 0 Å². The molecule has 8 heteroatoms. The second-order valence-corrected chi connectivity index (χ2v) is 3.94. The summed E-state index contributed by atoms with van der Waals surface area (Å²) in [6.45, 7) is -0.875. The molecule has 0 N–H and O–H groups in total. The molecule has 0 saturated heterocycles. The van der Waals surface area contributed by atoms with Crippen LogP contribution in [0.3, 0.4) is 0 Å². The van der Waals surface area contributed by atoms with Crippen molar-refractivity contribution in [1.82, 2.24) is 0 Å². The summed E-state index contributed by atoms with van der Waals surface area (Å²) in [5.41, 5.74) is 0. The molecule has 104 valence electrons. The van der Waals surface area contributed by atoms with E-state index in [4.69, 9.17) is 4.74 Å². The quantitative estimate of drug-likeness (QED) is 0.547. The Labute approximate surface area is 100 Å². The Bertz CT molecular complexity index is 321. The second kappa shape index (κ2) is 6.24. The van der Waals surface area contributed by atoms with Gasteiger partial charge in [0.25, 0.3) is 0 Å². The summed E-state index contributed by atoms with van der Waals surface area (Å²) in [6.07, 6.45) is -5.19. The molecule has 1 aliphatic carbocycles. The van der Waals surface area contributed by atoms with Crippen LogP contribution >= 0.6 is 0 Å². The Kier molecular flexibility index (Phi) is 5.21. The van der Waals surface area contributed by atoms with Gasteiger partial charge in [-0.25, -0.2) is 0 Å². The lowest BCUT2D eigenvalue weighted by Crippen LogP contribution is -2.42. The number of alkyl halides is 2. The Morgan fingerprint density at radius 2 is 1.67 bits per heavy atom. The van der Waals surface area contributed by atoms with E-state index in [0.29, 0.717) is 12.8 Å². The molecule has 18 heavy (non-hydrogen) atoms. The van der Waals surface area contributed by atoms with Crippen LogP contribution in [0.5, 0.6) is 0 Å². The predicted molar refractivity (Wildman–Crippen MR) is 50.3 cm³/mol. The van der Waals surface area contributed by atoms with E-state index in [1.807, 2.05) is 0 Å². The first kappa shape index (κ1) is 15.0. The van der Waals surface area contributed by atoms with Gasteiger partial charge in [0.2, 0.25) is 0 Å². The lowest BCUT2D eigenvalue weighted by molar-refractivity contribution is -0.274. The molecular formula is C10H12F4O4. The van der Waals surface area contributed by atoms with Gasteiger partial charge in [0.15, 0.2) is 0 Å². The third kappa shape index (κ3) is 4.34. The highest BCUT2D eigenvalue weighted by atomic mass is 19.3. The maximum atomic E-state index is 12.8. The minimum atomic E-state index is -4.54. The molecule has 0 radical (unpaired) electrons. The van der Waals surface area contributed by atoms with E-state index < -0.39 is 37.0 Å². The van der Waals surface area contributed by atoms with Crippen LogP contribution in [0.15, 0.2) is 0 Å². The van der Waals surface area contributed by atoms with Gasteiger partial charge in [-0.05, 0) is 12.8 Å². The maximum absolute atomic E-state index is 12.8. The van der Waals surface area contributed by atoms with E-state index in [1.54, 1.807) is 0 Å². The van der Waals surface area contributed by atoms with Gasteiger partial charge >= 0.3 is 18.2 Å². The fraction of sp³-hybridized carbons (Fsp3) is 0.800. The van der Waals surface area contributed by atoms with Crippen molar-refractivity contribution in [2.45, 2.75) is 44.0 Å². The smallest absolute Gasteiger partial charge is 0.365 e. The van der Waals surface area contributed by atoms with Crippen molar-refractivity contribution >= 4 is 12.1 Å². The summed E-state index contributed by atoms with van der Waals surface area (Å²) >= 11 is 0. The largest absolute Gasteiger partial charge is 0.449 e. The Morgan fingerprint density at radius 1 is 1.11 bits per heavy atom. The number of ether oxygens (including phenoxy) is 2. The molecule has 0 heterocycles. The SMILES string of the molecule is O=C(F)COC1CCCCC1OC(F)(F)C(=O)F. The van der Waals surface area contributed by atoms with Gasteiger partial charge in [0, 0.05) is 0 Å². The third-order valence-corrected chi connectivity index (χ3v) is 2.58. The number of rotatable bonds is 6. The highest BCUT2D eigenvalue weighted by Gasteiger charge is 2.45. The van der Waals surface area contributed by atoms with Crippen LogP contribution in [0, 0.1) is 0 Å². The molecule has 2 atom stereocenters. The zero-order valence-electron chi connectivity index (χ0n) is 9.34. The van der Waals surface area contributed by atoms with E-state index in [9.17, 15) is 27.2 Å². The molecule has 1 aliphatic rings. The van der Waals surface area contributed by atoms with Crippen LogP contribution in [-0.4, -0.2) is 37.0 Å². The Hall–Kier alpha value is -1.02. The molecule has 1 fully saturated rings. The van der Waals surface area contributed by atoms with E-state index in [1.165, 1.54) is 0 Å². The summed E-state index contributed by atoms with van der Waals surface area (Å²) in [6, 6.07) is -4.64. The molecule has 0 aliphatic heterocycles. The predicted octanol–water partition coefficient (Wildman–Crippen LogP) is 1.92. The molecular weight excluding hydrogens is 260 g/mol. The number of hydrogen-bond acceptors (Lipinski definition) is 4. The first-order valence-corrected chi connectivity index (χ1v) is 5.38. The summed E-state index contributed by atoms with van der Waals surface area (Å²) in [4.78, 5) is 20.1. The third-order valence-electron chi connectivity index (χ3n) is 2.58. The van der Waals surface area contributed by atoms with Crippen molar-refractivity contribution in [2.75, 3.05) is 6.61 Å². The molecule has 0 aromatic heterocycles. The monoisotopic (exact) mass is 272 g/mol. The van der Waals surface area contributed by atoms with Crippen molar-refractivity contribution in [2.24, 2.45) is 0 Å². The van der Waals surface area contributed by atoms with Crippen LogP contribution in [-0.2, 0) is 19.1 Å². The molecule has 0 amide bonds. The topological polar surface area (TPSA) is 52.6 Å². The minimum absolute atomic E-state index is 0.119. The molecule has 0 bridgehead atoms. The molecule has 1 saturated carbocycles. The van der Waals surface area contributed by atoms with Gasteiger partial charge in [-0.15, -0.1) is 0 Å². The molecule has 0 aromatic rings. The van der Waals surface area contributed by atoms with Crippen LogP contribution in [0.25, 0.3) is 0 Å². The van der Waals surface area contributed by atoms with E-state index in [-0.39, 0.29) is 12.8 Å². The first-order chi connectivity index (χ1) is 8.33. The highest BCUT2D eigenvalue weighted by Crippen LogP contribution is 2.29. The fourth-order valence-electron chi connectivity index (χ4n) is 1.80. The van der Waals surface area contributed by atoms with E-state index >= 15 is 0 Å². The number of hydrogen-bond donors (Lipinski definition) is 0. The fourth-order valence-corrected chi connectivity index (χ4v) is 1.80. The normalized spacial score (nSPS) is 24.9. The number of carbonyl (C=O) groups is 2. The van der Waals surface area contributed by atoms with Gasteiger partial charge < -0.3 is 9.47 Å². The molecule has 0 aromatic carbocycles. The zero-order valence-corrected chi connectivity index (χ0v) is 9.34. The van der Waals surface area contributed by atoms with Gasteiger partial charge in [0.1, 0.15) is 6.61 Å². The summed E-state index contributed by atoms with van der Waals surface area (Å²) in [7, 11) is 0. The molecule has 0 spiro atoms. The highest BCUT2D eigenvalue weighted by molar-refractivity contribution is 5.74.